The van der Waals surface area contributed by atoms with Crippen LogP contribution in [0.3, 0.4) is 0 Å². The van der Waals surface area contributed by atoms with Crippen molar-refractivity contribution in [3.05, 3.63) is 35.9 Å². The Kier molecular flexibility index (Phi) is 7.81. The second kappa shape index (κ2) is 9.61. The van der Waals surface area contributed by atoms with Crippen LogP contribution in [0, 0.1) is 5.92 Å². The molecule has 1 N–H and O–H groups in total. The molecule has 1 aromatic carbocycles. The van der Waals surface area contributed by atoms with E-state index in [1.165, 1.54) is 24.8 Å². The minimum absolute atomic E-state index is 0. The van der Waals surface area contributed by atoms with E-state index in [9.17, 15) is 0 Å². The lowest BCUT2D eigenvalue weighted by atomic mass is 10.1. The number of hydrogen-bond acceptors (Lipinski definition) is 2. The van der Waals surface area contributed by atoms with E-state index in [0.29, 0.717) is 12.0 Å². The van der Waals surface area contributed by atoms with Gasteiger partial charge in [-0.1, -0.05) is 30.3 Å². The monoisotopic (exact) mass is 443 g/mol. The number of benzene rings is 1. The molecule has 2 aliphatic carbocycles. The lowest BCUT2D eigenvalue weighted by Crippen LogP contribution is -2.42. The predicted octanol–water partition coefficient (Wildman–Crippen LogP) is 3.48. The van der Waals surface area contributed by atoms with E-state index in [-0.39, 0.29) is 24.0 Å². The summed E-state index contributed by atoms with van der Waals surface area (Å²) in [6.45, 7) is 5.49. The first-order valence-electron chi connectivity index (χ1n) is 8.92. The Bertz CT molecular complexity index is 519. The molecule has 24 heavy (non-hydrogen) atoms. The maximum absolute atomic E-state index is 5.74. The van der Waals surface area contributed by atoms with Gasteiger partial charge in [0.05, 0.1) is 6.61 Å². The molecule has 2 fully saturated rings. The van der Waals surface area contributed by atoms with Crippen LogP contribution in [0.5, 0.6) is 0 Å². The minimum Gasteiger partial charge on any atom is -0.379 e. The zero-order valence-electron chi connectivity index (χ0n) is 14.8. The van der Waals surface area contributed by atoms with E-state index in [1.807, 2.05) is 0 Å². The van der Waals surface area contributed by atoms with Crippen molar-refractivity contribution in [1.82, 2.24) is 10.2 Å². The van der Waals surface area contributed by atoms with Gasteiger partial charge in [0, 0.05) is 38.7 Å². The highest BCUT2D eigenvalue weighted by Crippen LogP contribution is 2.40. The van der Waals surface area contributed by atoms with Gasteiger partial charge in [0.1, 0.15) is 0 Å². The zero-order chi connectivity index (χ0) is 16.1. The summed E-state index contributed by atoms with van der Waals surface area (Å²) in [5.74, 6) is 2.46. The number of nitrogens with zero attached hydrogens (tertiary/aromatic N) is 2. The molecule has 5 heteroatoms. The third kappa shape index (κ3) is 5.92. The Morgan fingerprint density at radius 3 is 2.71 bits per heavy atom. The van der Waals surface area contributed by atoms with Crippen LogP contribution in [0.1, 0.15) is 37.7 Å². The number of guanidine groups is 1. The molecule has 3 rings (SSSR count). The summed E-state index contributed by atoms with van der Waals surface area (Å²) in [7, 11) is 2.10. The average molecular weight is 443 g/mol. The van der Waals surface area contributed by atoms with Gasteiger partial charge in [0.25, 0.3) is 0 Å². The molecule has 0 aromatic heterocycles. The van der Waals surface area contributed by atoms with Gasteiger partial charge in [-0.25, -0.2) is 0 Å². The molecule has 0 spiro atoms. The van der Waals surface area contributed by atoms with Crippen molar-refractivity contribution in [2.24, 2.45) is 10.9 Å². The molecule has 134 valence electrons. The van der Waals surface area contributed by atoms with Crippen molar-refractivity contribution in [1.29, 1.82) is 0 Å². The van der Waals surface area contributed by atoms with Gasteiger partial charge in [0.2, 0.25) is 0 Å². The summed E-state index contributed by atoms with van der Waals surface area (Å²) in [6, 6.07) is 11.3. The SMILES string of the molecule is CCN=C(NC1CC1c1ccccc1)N(C)CCOCC1CC1.I. The number of rotatable bonds is 8. The highest BCUT2D eigenvalue weighted by atomic mass is 127. The Morgan fingerprint density at radius 2 is 2.04 bits per heavy atom. The number of likely N-dealkylation sites (N-methyl/N-ethyl adjacent to an activating group) is 1. The predicted molar refractivity (Wildman–Crippen MR) is 110 cm³/mol. The fourth-order valence-electron chi connectivity index (χ4n) is 2.86. The van der Waals surface area contributed by atoms with Crippen LogP contribution in [0.4, 0.5) is 0 Å². The Hall–Kier alpha value is -0.820. The molecule has 4 nitrogen and oxygen atoms in total. The summed E-state index contributed by atoms with van der Waals surface area (Å²) >= 11 is 0. The molecular weight excluding hydrogens is 413 g/mol. The molecule has 0 heterocycles. The molecular formula is C19H30IN3O. The lowest BCUT2D eigenvalue weighted by Gasteiger charge is -2.22. The van der Waals surface area contributed by atoms with Crippen LogP contribution in [-0.4, -0.2) is 50.3 Å². The van der Waals surface area contributed by atoms with Gasteiger partial charge in [0.15, 0.2) is 5.96 Å². The standard InChI is InChI=1S/C19H29N3O.HI/c1-3-20-19(22(2)11-12-23-14-15-9-10-15)21-18-13-17(18)16-7-5-4-6-8-16;/h4-8,15,17-18H,3,9-14H2,1-2H3,(H,20,21);1H. The van der Waals surface area contributed by atoms with Crippen molar-refractivity contribution in [2.45, 2.75) is 38.1 Å². The highest BCUT2D eigenvalue weighted by molar-refractivity contribution is 14.0. The topological polar surface area (TPSA) is 36.9 Å². The maximum atomic E-state index is 5.74. The summed E-state index contributed by atoms with van der Waals surface area (Å²) in [4.78, 5) is 6.83. The van der Waals surface area contributed by atoms with Crippen LogP contribution < -0.4 is 5.32 Å². The van der Waals surface area contributed by atoms with E-state index >= 15 is 0 Å². The normalized spacial score (nSPS) is 22.7. The largest absolute Gasteiger partial charge is 0.379 e. The van der Waals surface area contributed by atoms with Gasteiger partial charge in [-0.2, -0.15) is 0 Å². The first-order valence-corrected chi connectivity index (χ1v) is 8.92. The van der Waals surface area contributed by atoms with Crippen LogP contribution in [0.25, 0.3) is 0 Å². The number of aliphatic imine (C=N–C) groups is 1. The number of halogens is 1. The van der Waals surface area contributed by atoms with E-state index in [1.54, 1.807) is 0 Å². The number of hydrogen-bond donors (Lipinski definition) is 1. The third-order valence-electron chi connectivity index (χ3n) is 4.62. The molecule has 2 unspecified atom stereocenters. The van der Waals surface area contributed by atoms with Gasteiger partial charge in [-0.05, 0) is 37.7 Å². The molecule has 2 aliphatic rings. The van der Waals surface area contributed by atoms with Crippen molar-refractivity contribution in [3.8, 4) is 0 Å². The second-order valence-corrected chi connectivity index (χ2v) is 6.74. The average Bonchev–Trinajstić information content (AvgIpc) is 3.47. The van der Waals surface area contributed by atoms with Crippen molar-refractivity contribution in [2.75, 3.05) is 33.4 Å². The first kappa shape index (κ1) is 19.5. The van der Waals surface area contributed by atoms with E-state index in [4.69, 9.17) is 4.74 Å². The molecule has 0 aliphatic heterocycles. The summed E-state index contributed by atoms with van der Waals surface area (Å²) < 4.78 is 5.74. The second-order valence-electron chi connectivity index (χ2n) is 6.74. The quantitative estimate of drug-likeness (QED) is 0.289. The highest BCUT2D eigenvalue weighted by Gasteiger charge is 2.39. The zero-order valence-corrected chi connectivity index (χ0v) is 17.1. The van der Waals surface area contributed by atoms with Crippen LogP contribution in [0.15, 0.2) is 35.3 Å². The fraction of sp³-hybridized carbons (Fsp3) is 0.632. The molecule has 0 saturated heterocycles. The van der Waals surface area contributed by atoms with E-state index < -0.39 is 0 Å². The molecule has 0 amide bonds. The Labute approximate surface area is 163 Å². The Balaban J connectivity index is 0.00000208. The summed E-state index contributed by atoms with van der Waals surface area (Å²) in [5, 5.41) is 3.62. The van der Waals surface area contributed by atoms with Crippen LogP contribution in [-0.2, 0) is 4.74 Å². The van der Waals surface area contributed by atoms with Gasteiger partial charge in [-0.3, -0.25) is 4.99 Å². The first-order chi connectivity index (χ1) is 11.3. The van der Waals surface area contributed by atoms with Crippen molar-refractivity contribution < 1.29 is 4.74 Å². The van der Waals surface area contributed by atoms with Gasteiger partial charge < -0.3 is 15.0 Å². The molecule has 2 atom stereocenters. The Morgan fingerprint density at radius 1 is 1.29 bits per heavy atom. The van der Waals surface area contributed by atoms with Gasteiger partial charge >= 0.3 is 0 Å². The van der Waals surface area contributed by atoms with E-state index in [0.717, 1.165) is 38.2 Å². The molecule has 0 radical (unpaired) electrons. The molecule has 1 aromatic rings. The van der Waals surface area contributed by atoms with E-state index in [2.05, 4.69) is 59.5 Å². The summed E-state index contributed by atoms with van der Waals surface area (Å²) in [6.07, 6.45) is 3.89. The number of ether oxygens (including phenoxy) is 1. The van der Waals surface area contributed by atoms with Gasteiger partial charge in [-0.15, -0.1) is 24.0 Å². The summed E-state index contributed by atoms with van der Waals surface area (Å²) in [5.41, 5.74) is 1.43. The van der Waals surface area contributed by atoms with Crippen molar-refractivity contribution in [3.63, 3.8) is 0 Å². The van der Waals surface area contributed by atoms with Crippen molar-refractivity contribution >= 4 is 29.9 Å². The number of nitrogens with one attached hydrogen (secondary N) is 1. The maximum Gasteiger partial charge on any atom is 0.193 e. The van der Waals surface area contributed by atoms with Crippen LogP contribution >= 0.6 is 24.0 Å². The smallest absolute Gasteiger partial charge is 0.193 e. The third-order valence-corrected chi connectivity index (χ3v) is 4.62. The fourth-order valence-corrected chi connectivity index (χ4v) is 2.86. The lowest BCUT2D eigenvalue weighted by molar-refractivity contribution is 0.115. The molecule has 2 saturated carbocycles. The van der Waals surface area contributed by atoms with Crippen LogP contribution in [0.2, 0.25) is 0 Å². The molecule has 0 bridgehead atoms. The minimum atomic E-state index is 0.